The summed E-state index contributed by atoms with van der Waals surface area (Å²) in [6, 6.07) is 4.89. The number of aliphatic hydroxyl groups is 1. The molecule has 2 aromatic rings. The number of benzene rings is 1. The van der Waals surface area contributed by atoms with Gasteiger partial charge >= 0.3 is 6.18 Å². The number of amides is 1. The van der Waals surface area contributed by atoms with Crippen LogP contribution < -0.4 is 10.2 Å². The Morgan fingerprint density at radius 1 is 1.21 bits per heavy atom. The Hall–Kier alpha value is -2.68. The Bertz CT molecular complexity index is 953. The zero-order chi connectivity index (χ0) is 20.8. The van der Waals surface area contributed by atoms with E-state index in [1.165, 1.54) is 12.1 Å². The average molecular weight is 406 g/mol. The van der Waals surface area contributed by atoms with Crippen molar-refractivity contribution >= 4 is 11.7 Å². The van der Waals surface area contributed by atoms with E-state index < -0.39 is 17.3 Å². The fraction of sp³-hybridized carbons (Fsp3) is 0.450. The highest BCUT2D eigenvalue weighted by Crippen LogP contribution is 2.38. The van der Waals surface area contributed by atoms with Crippen molar-refractivity contribution in [2.24, 2.45) is 0 Å². The normalized spacial score (nSPS) is 18.9. The molecule has 6 nitrogen and oxygen atoms in total. The molecule has 1 fully saturated rings. The molecule has 2 aliphatic rings. The number of alkyl halides is 3. The molecule has 0 atom stereocenters. The van der Waals surface area contributed by atoms with E-state index in [4.69, 9.17) is 0 Å². The highest BCUT2D eigenvalue weighted by molar-refractivity contribution is 5.96. The quantitative estimate of drug-likeness (QED) is 0.802. The van der Waals surface area contributed by atoms with Gasteiger partial charge in [-0.25, -0.2) is 9.97 Å². The highest BCUT2D eigenvalue weighted by Gasteiger charge is 2.38. The van der Waals surface area contributed by atoms with Gasteiger partial charge in [-0.2, -0.15) is 13.2 Å². The maximum atomic E-state index is 13.0. The molecule has 2 N–H and O–H groups in total. The predicted octanol–water partition coefficient (Wildman–Crippen LogP) is 2.58. The zero-order valence-corrected chi connectivity index (χ0v) is 15.9. The summed E-state index contributed by atoms with van der Waals surface area (Å²) in [4.78, 5) is 22.9. The average Bonchev–Trinajstić information content (AvgIpc) is 2.68. The molecule has 1 saturated heterocycles. The lowest BCUT2D eigenvalue weighted by Gasteiger charge is -2.40. The van der Waals surface area contributed by atoms with E-state index >= 15 is 0 Å². The Labute approximate surface area is 165 Å². The minimum absolute atomic E-state index is 0.226. The van der Waals surface area contributed by atoms with Crippen molar-refractivity contribution in [2.45, 2.75) is 38.0 Å². The summed E-state index contributed by atoms with van der Waals surface area (Å²) in [5.41, 5.74) is -0.678. The summed E-state index contributed by atoms with van der Waals surface area (Å²) in [6.07, 6.45) is -3.31. The van der Waals surface area contributed by atoms with Crippen LogP contribution in [0.2, 0.25) is 0 Å². The van der Waals surface area contributed by atoms with Crippen LogP contribution in [-0.2, 0) is 18.2 Å². The van der Waals surface area contributed by atoms with Crippen LogP contribution in [0.3, 0.4) is 0 Å². The van der Waals surface area contributed by atoms with Gasteiger partial charge in [0.1, 0.15) is 17.3 Å². The van der Waals surface area contributed by atoms with Gasteiger partial charge in [0.2, 0.25) is 0 Å². The largest absolute Gasteiger partial charge is 0.416 e. The molecule has 2 aliphatic heterocycles. The summed E-state index contributed by atoms with van der Waals surface area (Å²) in [7, 11) is 0. The van der Waals surface area contributed by atoms with E-state index in [1.54, 1.807) is 6.92 Å². The molecule has 0 saturated carbocycles. The van der Waals surface area contributed by atoms with E-state index in [2.05, 4.69) is 15.3 Å². The van der Waals surface area contributed by atoms with Gasteiger partial charge in [0.25, 0.3) is 5.91 Å². The van der Waals surface area contributed by atoms with Crippen molar-refractivity contribution in [3.63, 3.8) is 0 Å². The van der Waals surface area contributed by atoms with E-state index in [0.717, 1.165) is 17.7 Å². The van der Waals surface area contributed by atoms with Crippen molar-refractivity contribution in [3.8, 4) is 0 Å². The van der Waals surface area contributed by atoms with Crippen molar-refractivity contribution in [1.82, 2.24) is 15.3 Å². The first-order chi connectivity index (χ1) is 13.7. The lowest BCUT2D eigenvalue weighted by atomic mass is 9.83. The van der Waals surface area contributed by atoms with E-state index in [1.807, 2.05) is 4.90 Å². The first-order valence-corrected chi connectivity index (χ1v) is 9.48. The van der Waals surface area contributed by atoms with Gasteiger partial charge < -0.3 is 15.3 Å². The maximum Gasteiger partial charge on any atom is 0.416 e. The third-order valence-corrected chi connectivity index (χ3v) is 5.59. The van der Waals surface area contributed by atoms with Crippen molar-refractivity contribution in [3.05, 3.63) is 52.5 Å². The number of rotatable bonds is 2. The van der Waals surface area contributed by atoms with E-state index in [9.17, 15) is 23.1 Å². The minimum atomic E-state index is -4.45. The fourth-order valence-corrected chi connectivity index (χ4v) is 4.01. The van der Waals surface area contributed by atoms with Crippen LogP contribution in [0.25, 0.3) is 0 Å². The zero-order valence-electron chi connectivity index (χ0n) is 15.9. The summed E-state index contributed by atoms with van der Waals surface area (Å²) in [5.74, 6) is 0.929. The van der Waals surface area contributed by atoms with Gasteiger partial charge in [-0.1, -0.05) is 12.1 Å². The van der Waals surface area contributed by atoms with Crippen molar-refractivity contribution < 1.29 is 23.1 Å². The Morgan fingerprint density at radius 3 is 2.62 bits per heavy atom. The minimum Gasteiger partial charge on any atom is -0.385 e. The molecule has 0 aliphatic carbocycles. The van der Waals surface area contributed by atoms with Crippen LogP contribution in [0.1, 0.15) is 45.8 Å². The molecular weight excluding hydrogens is 385 g/mol. The molecule has 1 aromatic carbocycles. The van der Waals surface area contributed by atoms with Gasteiger partial charge in [-0.3, -0.25) is 4.79 Å². The molecule has 3 heterocycles. The molecule has 0 bridgehead atoms. The lowest BCUT2D eigenvalue weighted by Crippen LogP contribution is -2.44. The number of aromatic nitrogens is 2. The maximum absolute atomic E-state index is 13.0. The van der Waals surface area contributed by atoms with Crippen LogP contribution in [0.4, 0.5) is 19.0 Å². The van der Waals surface area contributed by atoms with Crippen molar-refractivity contribution in [1.29, 1.82) is 0 Å². The van der Waals surface area contributed by atoms with Crippen LogP contribution >= 0.6 is 0 Å². The number of nitrogens with one attached hydrogen (secondary N) is 1. The van der Waals surface area contributed by atoms with Gasteiger partial charge in [0.15, 0.2) is 0 Å². The smallest absolute Gasteiger partial charge is 0.385 e. The van der Waals surface area contributed by atoms with Gasteiger partial charge in [0.05, 0.1) is 11.2 Å². The van der Waals surface area contributed by atoms with Crippen LogP contribution in [0.5, 0.6) is 0 Å². The van der Waals surface area contributed by atoms with Crippen LogP contribution in [0.15, 0.2) is 24.3 Å². The second-order valence-corrected chi connectivity index (χ2v) is 7.52. The van der Waals surface area contributed by atoms with Crippen LogP contribution in [-0.4, -0.2) is 40.6 Å². The number of hydrogen-bond acceptors (Lipinski definition) is 5. The molecule has 0 unspecified atom stereocenters. The molecule has 4 rings (SSSR count). The van der Waals surface area contributed by atoms with Crippen molar-refractivity contribution in [2.75, 3.05) is 24.5 Å². The fourth-order valence-electron chi connectivity index (χ4n) is 4.01. The molecule has 154 valence electrons. The summed E-state index contributed by atoms with van der Waals surface area (Å²) in [6.45, 7) is 3.05. The number of nitrogens with zero attached hydrogens (tertiary/aromatic N) is 3. The first-order valence-electron chi connectivity index (χ1n) is 9.48. The third-order valence-electron chi connectivity index (χ3n) is 5.59. The molecule has 29 heavy (non-hydrogen) atoms. The van der Waals surface area contributed by atoms with Gasteiger partial charge in [-0.05, 0) is 43.9 Å². The molecule has 1 aromatic heterocycles. The Morgan fingerprint density at radius 2 is 1.93 bits per heavy atom. The number of aryl methyl sites for hydroxylation is 1. The number of halogens is 3. The summed E-state index contributed by atoms with van der Waals surface area (Å²) >= 11 is 0. The number of hydrogen-bond donors (Lipinski definition) is 2. The van der Waals surface area contributed by atoms with E-state index in [0.29, 0.717) is 43.4 Å². The van der Waals surface area contributed by atoms with Gasteiger partial charge in [-0.15, -0.1) is 0 Å². The van der Waals surface area contributed by atoms with E-state index in [-0.39, 0.29) is 24.3 Å². The molecule has 1 amide bonds. The molecule has 0 spiro atoms. The lowest BCUT2D eigenvalue weighted by molar-refractivity contribution is -0.137. The Kier molecular flexibility index (Phi) is 4.72. The highest BCUT2D eigenvalue weighted by atomic mass is 19.4. The summed E-state index contributed by atoms with van der Waals surface area (Å²) in [5, 5.41) is 13.8. The molecule has 9 heteroatoms. The topological polar surface area (TPSA) is 78.3 Å². The summed E-state index contributed by atoms with van der Waals surface area (Å²) < 4.78 is 39.1. The Balaban J connectivity index is 1.58. The second kappa shape index (κ2) is 6.98. The standard InChI is InChI=1S/C20H21F3N4O2/c1-12-25-16-15(5-8-24-18(16)28)17(26-12)27-9-6-19(29,7-10-27)13-3-2-4-14(11-13)20(21,22)23/h2-4,11,29H,5-10H2,1H3,(H,24,28). The third kappa shape index (κ3) is 3.66. The molecular formula is C20H21F3N4O2. The SMILES string of the molecule is Cc1nc2c(c(N3CCC(O)(c4cccc(C(F)(F)F)c4)CC3)n1)CCNC2=O. The number of fused-ring (bicyclic) bond motifs is 1. The number of anilines is 1. The first kappa shape index (κ1) is 19.6. The second-order valence-electron chi connectivity index (χ2n) is 7.52. The monoisotopic (exact) mass is 406 g/mol. The number of carbonyl (C=O) groups excluding carboxylic acids is 1. The van der Waals surface area contributed by atoms with Crippen LogP contribution in [0, 0.1) is 6.92 Å². The number of carbonyl (C=O) groups is 1. The molecule has 0 radical (unpaired) electrons. The predicted molar refractivity (Wildman–Crippen MR) is 99.6 cm³/mol. The van der Waals surface area contributed by atoms with Gasteiger partial charge in [0, 0.05) is 25.2 Å². The number of piperidine rings is 1.